The second kappa shape index (κ2) is 11.4. The Morgan fingerprint density at radius 3 is 2.56 bits per heavy atom. The van der Waals surface area contributed by atoms with E-state index in [0.29, 0.717) is 12.1 Å². The van der Waals surface area contributed by atoms with Gasteiger partial charge < -0.3 is 24.7 Å². The predicted octanol–water partition coefficient (Wildman–Crippen LogP) is 0.695. The summed E-state index contributed by atoms with van der Waals surface area (Å²) in [5, 5.41) is 0. The van der Waals surface area contributed by atoms with Crippen LogP contribution in [0.1, 0.15) is 20.8 Å². The Balaban J connectivity index is 0.000000190. The number of fused-ring (bicyclic) bond motifs is 2. The lowest BCUT2D eigenvalue weighted by molar-refractivity contribution is -0.123. The molecule has 1 aliphatic carbocycles. The summed E-state index contributed by atoms with van der Waals surface area (Å²) in [5.41, 5.74) is 6.17. The summed E-state index contributed by atoms with van der Waals surface area (Å²) in [6.45, 7) is 3.27. The SMILES string of the molecule is COCC(=O)Cn1c(=O)c2c(ncn2[C@@H](C)C=O)n(C)c1=O.Nc1cccc(-c2cnc(N3CC4CC4C3)cn2)n1.[HH]. The molecule has 0 bridgehead atoms. The molecule has 41 heavy (non-hydrogen) atoms. The van der Waals surface area contributed by atoms with Gasteiger partial charge in [0.15, 0.2) is 16.9 Å². The number of aldehydes is 1. The van der Waals surface area contributed by atoms with Gasteiger partial charge in [-0.1, -0.05) is 6.07 Å². The summed E-state index contributed by atoms with van der Waals surface area (Å²) in [6.07, 6.45) is 7.00. The van der Waals surface area contributed by atoms with Crippen LogP contribution < -0.4 is 21.9 Å². The molecule has 0 radical (unpaired) electrons. The zero-order valence-electron chi connectivity index (χ0n) is 23.0. The van der Waals surface area contributed by atoms with Crippen LogP contribution in [0.25, 0.3) is 22.6 Å². The predicted molar refractivity (Wildman–Crippen MR) is 152 cm³/mol. The molecule has 1 saturated carbocycles. The molecule has 2 N–H and O–H groups in total. The van der Waals surface area contributed by atoms with Gasteiger partial charge in [-0.05, 0) is 37.3 Å². The zero-order valence-corrected chi connectivity index (χ0v) is 23.0. The quantitative estimate of drug-likeness (QED) is 0.299. The molecular formula is C27H33N9O5. The Labute approximate surface area is 235 Å². The molecule has 216 valence electrons. The van der Waals surface area contributed by atoms with E-state index in [0.717, 1.165) is 46.7 Å². The Morgan fingerprint density at radius 1 is 1.17 bits per heavy atom. The molecule has 2 unspecified atom stereocenters. The number of carbonyl (C=O) groups excluding carboxylic acids is 2. The fourth-order valence-electron chi connectivity index (χ4n) is 4.98. The molecule has 0 amide bonds. The summed E-state index contributed by atoms with van der Waals surface area (Å²) in [5.74, 6) is 2.87. The molecule has 4 aromatic rings. The van der Waals surface area contributed by atoms with Crippen molar-refractivity contribution in [2.75, 3.05) is 37.4 Å². The van der Waals surface area contributed by atoms with Crippen molar-refractivity contribution in [2.24, 2.45) is 18.9 Å². The number of piperidine rings is 1. The number of aromatic nitrogens is 7. The number of Topliss-reactive ketones (excluding diaryl/α,β-unsaturated/α-hetero) is 1. The number of ketones is 1. The number of pyridine rings is 1. The van der Waals surface area contributed by atoms with Gasteiger partial charge in [0.2, 0.25) is 0 Å². The number of ether oxygens (including phenoxy) is 1. The molecule has 2 fully saturated rings. The van der Waals surface area contributed by atoms with Crippen LogP contribution >= 0.6 is 0 Å². The van der Waals surface area contributed by atoms with Gasteiger partial charge in [-0.25, -0.2) is 24.7 Å². The second-order valence-corrected chi connectivity index (χ2v) is 10.3. The number of aryl methyl sites for hydroxylation is 1. The zero-order chi connectivity index (χ0) is 29.3. The van der Waals surface area contributed by atoms with Crippen LogP contribution in [0.3, 0.4) is 0 Å². The highest BCUT2D eigenvalue weighted by atomic mass is 16.5. The molecule has 14 heteroatoms. The minimum Gasteiger partial charge on any atom is -0.384 e. The van der Waals surface area contributed by atoms with Crippen molar-refractivity contribution in [3.63, 3.8) is 0 Å². The molecule has 1 aliphatic heterocycles. The summed E-state index contributed by atoms with van der Waals surface area (Å²) < 4.78 is 8.07. The number of nitrogens with two attached hydrogens (primary N) is 1. The minimum absolute atomic E-state index is 0. The van der Waals surface area contributed by atoms with E-state index in [-0.39, 0.29) is 19.2 Å². The van der Waals surface area contributed by atoms with E-state index in [2.05, 4.69) is 24.8 Å². The van der Waals surface area contributed by atoms with E-state index in [4.69, 9.17) is 10.5 Å². The number of carbonyl (C=O) groups is 2. The van der Waals surface area contributed by atoms with Crippen molar-refractivity contribution in [2.45, 2.75) is 25.9 Å². The number of methoxy groups -OCH3 is 1. The van der Waals surface area contributed by atoms with Crippen LogP contribution in [0.15, 0.2) is 46.5 Å². The lowest BCUT2D eigenvalue weighted by Crippen LogP contribution is -2.42. The average molecular weight is 564 g/mol. The van der Waals surface area contributed by atoms with Crippen molar-refractivity contribution in [1.29, 1.82) is 0 Å². The van der Waals surface area contributed by atoms with Gasteiger partial charge in [-0.15, -0.1) is 0 Å². The van der Waals surface area contributed by atoms with Crippen LogP contribution in [0.5, 0.6) is 0 Å². The van der Waals surface area contributed by atoms with Gasteiger partial charge in [0, 0.05) is 28.7 Å². The number of nitrogen functional groups attached to an aromatic ring is 1. The van der Waals surface area contributed by atoms with Crippen molar-refractivity contribution in [1.82, 2.24) is 33.6 Å². The van der Waals surface area contributed by atoms with Crippen LogP contribution in [0.2, 0.25) is 0 Å². The van der Waals surface area contributed by atoms with Gasteiger partial charge in [-0.3, -0.25) is 18.7 Å². The molecular weight excluding hydrogens is 530 g/mol. The largest absolute Gasteiger partial charge is 0.384 e. The van der Waals surface area contributed by atoms with Gasteiger partial charge in [0.05, 0.1) is 37.0 Å². The fraction of sp³-hybridized carbons (Fsp3) is 0.407. The highest BCUT2D eigenvalue weighted by Crippen LogP contribution is 2.45. The summed E-state index contributed by atoms with van der Waals surface area (Å²) in [4.78, 5) is 66.9. The summed E-state index contributed by atoms with van der Waals surface area (Å²) >= 11 is 0. The lowest BCUT2D eigenvalue weighted by atomic mass is 10.3. The van der Waals surface area contributed by atoms with Gasteiger partial charge in [-0.2, -0.15) is 0 Å². The molecule has 6 rings (SSSR count). The van der Waals surface area contributed by atoms with Crippen molar-refractivity contribution in [3.8, 4) is 11.4 Å². The first-order valence-corrected chi connectivity index (χ1v) is 13.1. The fourth-order valence-corrected chi connectivity index (χ4v) is 4.98. The molecule has 1 saturated heterocycles. The molecule has 2 aliphatic rings. The van der Waals surface area contributed by atoms with Gasteiger partial charge in [0.1, 0.15) is 30.2 Å². The topological polar surface area (TPSA) is 173 Å². The van der Waals surface area contributed by atoms with E-state index < -0.39 is 29.6 Å². The minimum atomic E-state index is -0.659. The first-order valence-electron chi connectivity index (χ1n) is 13.1. The van der Waals surface area contributed by atoms with Crippen LogP contribution in [0.4, 0.5) is 11.6 Å². The third-order valence-corrected chi connectivity index (χ3v) is 7.31. The maximum Gasteiger partial charge on any atom is 0.332 e. The lowest BCUT2D eigenvalue weighted by Gasteiger charge is -2.18. The standard InChI is InChI=1S/C14H15N5.C13H16N4O5.H2/c15-13-3-1-2-11(18-13)12-5-17-14(6-16-12)19-7-9-4-10(9)8-19;1-8(5-18)17-7-14-11-10(17)12(20)16(13(21)15(11)2)4-9(19)6-22-3;/h1-3,5-6,9-10H,4,7-8H2,(H2,15,18);5,7-8H,4,6H2,1-3H3;1H/t;8-;/m.0./s1. The van der Waals surface area contributed by atoms with E-state index >= 15 is 0 Å². The number of hydrogen-bond donors (Lipinski definition) is 1. The summed E-state index contributed by atoms with van der Waals surface area (Å²) in [7, 11) is 2.80. The van der Waals surface area contributed by atoms with E-state index in [1.165, 1.54) is 36.0 Å². The summed E-state index contributed by atoms with van der Waals surface area (Å²) in [6, 6.07) is 4.92. The molecule has 3 atom stereocenters. The second-order valence-electron chi connectivity index (χ2n) is 10.3. The maximum atomic E-state index is 12.5. The first kappa shape index (κ1) is 27.8. The van der Waals surface area contributed by atoms with Crippen LogP contribution in [0, 0.1) is 11.8 Å². The molecule has 5 heterocycles. The Bertz CT molecular complexity index is 1710. The highest BCUT2D eigenvalue weighted by Gasteiger charge is 2.45. The van der Waals surface area contributed by atoms with E-state index in [9.17, 15) is 19.2 Å². The smallest absolute Gasteiger partial charge is 0.332 e. The van der Waals surface area contributed by atoms with Gasteiger partial charge in [0.25, 0.3) is 5.56 Å². The Hall–Kier alpha value is -4.72. The van der Waals surface area contributed by atoms with Crippen LogP contribution in [-0.2, 0) is 27.9 Å². The monoisotopic (exact) mass is 563 g/mol. The van der Waals surface area contributed by atoms with E-state index in [1.54, 1.807) is 19.2 Å². The Morgan fingerprint density at radius 2 is 1.93 bits per heavy atom. The molecule has 0 spiro atoms. The number of anilines is 2. The average Bonchev–Trinajstić information content (AvgIpc) is 3.35. The van der Waals surface area contributed by atoms with E-state index in [1.807, 2.05) is 18.3 Å². The normalized spacial score (nSPS) is 18.0. The maximum absolute atomic E-state index is 12.5. The third kappa shape index (κ3) is 5.63. The van der Waals surface area contributed by atoms with Gasteiger partial charge >= 0.3 is 5.69 Å². The van der Waals surface area contributed by atoms with Crippen molar-refractivity contribution < 1.29 is 15.8 Å². The highest BCUT2D eigenvalue weighted by molar-refractivity contribution is 5.80. The molecule has 14 nitrogen and oxygen atoms in total. The Kier molecular flexibility index (Phi) is 7.75. The number of rotatable bonds is 8. The van der Waals surface area contributed by atoms with Crippen LogP contribution in [-0.4, -0.2) is 72.5 Å². The molecule has 4 aromatic heterocycles. The number of imidazole rings is 1. The molecule has 0 aromatic carbocycles. The first-order chi connectivity index (χ1) is 19.7. The third-order valence-electron chi connectivity index (χ3n) is 7.31. The van der Waals surface area contributed by atoms with Crippen molar-refractivity contribution in [3.05, 3.63) is 57.8 Å². The number of nitrogens with zero attached hydrogens (tertiary/aromatic N) is 8. The van der Waals surface area contributed by atoms with Crippen molar-refractivity contribution >= 4 is 34.9 Å². The number of hydrogen-bond acceptors (Lipinski definition) is 11.